The van der Waals surface area contributed by atoms with Crippen molar-refractivity contribution in [1.82, 2.24) is 5.32 Å². The van der Waals surface area contributed by atoms with E-state index in [1.54, 1.807) is 0 Å². The molecule has 3 nitrogen and oxygen atoms in total. The van der Waals surface area contributed by atoms with E-state index >= 15 is 0 Å². The smallest absolute Gasteiger partial charge is 0.145 e. The molecule has 0 bridgehead atoms. The van der Waals surface area contributed by atoms with Gasteiger partial charge in [0.05, 0.1) is 36.0 Å². The average molecular weight is 322 g/mol. The zero-order chi connectivity index (χ0) is 13.0. The number of halogens is 3. The molecule has 0 aliphatic carbocycles. The monoisotopic (exact) mass is 321 g/mol. The van der Waals surface area contributed by atoms with Crippen molar-refractivity contribution in [2.45, 2.75) is 12.7 Å². The molecule has 1 fully saturated rings. The number of hydrogen-bond donors (Lipinski definition) is 1. The molecule has 0 aromatic heterocycles. The van der Waals surface area contributed by atoms with Crippen LogP contribution in [0.2, 0.25) is 0 Å². The average Bonchev–Trinajstić information content (AvgIpc) is 2.39. The van der Waals surface area contributed by atoms with Gasteiger partial charge in [0.1, 0.15) is 11.6 Å². The van der Waals surface area contributed by atoms with Crippen molar-refractivity contribution in [2.24, 2.45) is 0 Å². The summed E-state index contributed by atoms with van der Waals surface area (Å²) >= 11 is 3.02. The molecule has 6 heteroatoms. The molecular formula is C12H14BrF2NO2. The summed E-state index contributed by atoms with van der Waals surface area (Å²) < 4.78 is 38.0. The first-order chi connectivity index (χ1) is 8.68. The molecule has 0 radical (unpaired) electrons. The fourth-order valence-corrected chi connectivity index (χ4v) is 2.09. The van der Waals surface area contributed by atoms with Crippen LogP contribution < -0.4 is 5.32 Å². The Morgan fingerprint density at radius 3 is 3.00 bits per heavy atom. The SMILES string of the molecule is Fc1ccc(Br)c(F)c1COCC1CNCCO1. The summed E-state index contributed by atoms with van der Waals surface area (Å²) in [7, 11) is 0. The third-order valence-electron chi connectivity index (χ3n) is 2.69. The van der Waals surface area contributed by atoms with Gasteiger partial charge in [-0.1, -0.05) is 0 Å². The maximum Gasteiger partial charge on any atom is 0.145 e. The molecule has 0 saturated carbocycles. The predicted molar refractivity (Wildman–Crippen MR) is 66.3 cm³/mol. The predicted octanol–water partition coefficient (Wildman–Crippen LogP) is 2.23. The van der Waals surface area contributed by atoms with Crippen molar-refractivity contribution in [3.63, 3.8) is 0 Å². The minimum absolute atomic E-state index is 0.0583. The lowest BCUT2D eigenvalue weighted by Gasteiger charge is -2.23. The highest BCUT2D eigenvalue weighted by Crippen LogP contribution is 2.22. The van der Waals surface area contributed by atoms with Gasteiger partial charge in [-0.2, -0.15) is 0 Å². The van der Waals surface area contributed by atoms with Gasteiger partial charge in [-0.3, -0.25) is 0 Å². The second kappa shape index (κ2) is 6.56. The normalized spacial score (nSPS) is 20.1. The van der Waals surface area contributed by atoms with Gasteiger partial charge < -0.3 is 14.8 Å². The van der Waals surface area contributed by atoms with E-state index in [1.807, 2.05) is 0 Å². The first kappa shape index (κ1) is 13.9. The van der Waals surface area contributed by atoms with E-state index in [0.717, 1.165) is 6.54 Å². The van der Waals surface area contributed by atoms with Crippen LogP contribution >= 0.6 is 15.9 Å². The summed E-state index contributed by atoms with van der Waals surface area (Å²) in [4.78, 5) is 0. The number of nitrogens with one attached hydrogen (secondary N) is 1. The lowest BCUT2D eigenvalue weighted by Crippen LogP contribution is -2.41. The van der Waals surface area contributed by atoms with Crippen molar-refractivity contribution < 1.29 is 18.3 Å². The highest BCUT2D eigenvalue weighted by atomic mass is 79.9. The first-order valence-electron chi connectivity index (χ1n) is 5.71. The molecule has 100 valence electrons. The summed E-state index contributed by atoms with van der Waals surface area (Å²) in [5.41, 5.74) is -0.0619. The Bertz CT molecular complexity index is 411. The Morgan fingerprint density at radius 2 is 2.28 bits per heavy atom. The lowest BCUT2D eigenvalue weighted by atomic mass is 10.2. The Morgan fingerprint density at radius 1 is 1.44 bits per heavy atom. The molecule has 18 heavy (non-hydrogen) atoms. The summed E-state index contributed by atoms with van der Waals surface area (Å²) in [6.07, 6.45) is -0.0583. The van der Waals surface area contributed by atoms with Crippen LogP contribution in [0.5, 0.6) is 0 Å². The summed E-state index contributed by atoms with van der Waals surface area (Å²) in [5, 5.41) is 3.15. The summed E-state index contributed by atoms with van der Waals surface area (Å²) in [5.74, 6) is -1.21. The fraction of sp³-hybridized carbons (Fsp3) is 0.500. The topological polar surface area (TPSA) is 30.5 Å². The van der Waals surface area contributed by atoms with Crippen LogP contribution in [0.3, 0.4) is 0 Å². The number of hydrogen-bond acceptors (Lipinski definition) is 3. The lowest BCUT2D eigenvalue weighted by molar-refractivity contribution is -0.0366. The van der Waals surface area contributed by atoms with E-state index < -0.39 is 11.6 Å². The van der Waals surface area contributed by atoms with E-state index in [0.29, 0.717) is 19.8 Å². The molecule has 0 spiro atoms. The molecule has 0 amide bonds. The van der Waals surface area contributed by atoms with E-state index in [9.17, 15) is 8.78 Å². The molecule has 1 saturated heterocycles. The molecule has 1 heterocycles. The van der Waals surface area contributed by atoms with Gasteiger partial charge in [0.25, 0.3) is 0 Å². The first-order valence-corrected chi connectivity index (χ1v) is 6.50. The van der Waals surface area contributed by atoms with Crippen LogP contribution in [0.25, 0.3) is 0 Å². The van der Waals surface area contributed by atoms with Gasteiger partial charge in [0, 0.05) is 13.1 Å². The van der Waals surface area contributed by atoms with E-state index in [-0.39, 0.29) is 22.7 Å². The van der Waals surface area contributed by atoms with Crippen molar-refractivity contribution in [3.8, 4) is 0 Å². The molecular weight excluding hydrogens is 308 g/mol. The van der Waals surface area contributed by atoms with Crippen molar-refractivity contribution in [3.05, 3.63) is 33.8 Å². The number of morpholine rings is 1. The van der Waals surface area contributed by atoms with Gasteiger partial charge in [-0.15, -0.1) is 0 Å². The maximum absolute atomic E-state index is 13.6. The molecule has 1 atom stereocenters. The molecule has 2 rings (SSSR count). The zero-order valence-corrected chi connectivity index (χ0v) is 11.3. The number of benzene rings is 1. The zero-order valence-electron chi connectivity index (χ0n) is 9.72. The highest BCUT2D eigenvalue weighted by molar-refractivity contribution is 9.10. The van der Waals surface area contributed by atoms with E-state index in [4.69, 9.17) is 9.47 Å². The number of rotatable bonds is 4. The van der Waals surface area contributed by atoms with Crippen LogP contribution in [0.4, 0.5) is 8.78 Å². The molecule has 1 aromatic carbocycles. The van der Waals surface area contributed by atoms with Crippen molar-refractivity contribution in [1.29, 1.82) is 0 Å². The Labute approximate surface area is 113 Å². The largest absolute Gasteiger partial charge is 0.374 e. The second-order valence-electron chi connectivity index (χ2n) is 4.03. The molecule has 1 aromatic rings. The third kappa shape index (κ3) is 3.47. The molecule has 1 aliphatic rings. The summed E-state index contributed by atoms with van der Waals surface area (Å²) in [6.45, 7) is 2.37. The Hall–Kier alpha value is -0.560. The Kier molecular flexibility index (Phi) is 5.05. The van der Waals surface area contributed by atoms with Gasteiger partial charge in [0.15, 0.2) is 0 Å². The van der Waals surface area contributed by atoms with E-state index in [2.05, 4.69) is 21.2 Å². The third-order valence-corrected chi connectivity index (χ3v) is 3.31. The van der Waals surface area contributed by atoms with Gasteiger partial charge in [0.2, 0.25) is 0 Å². The molecule has 1 unspecified atom stereocenters. The van der Waals surface area contributed by atoms with Crippen LogP contribution in [-0.4, -0.2) is 32.4 Å². The van der Waals surface area contributed by atoms with Crippen LogP contribution in [0.15, 0.2) is 16.6 Å². The quantitative estimate of drug-likeness (QED) is 0.863. The van der Waals surface area contributed by atoms with Crippen LogP contribution in [-0.2, 0) is 16.1 Å². The molecule has 1 N–H and O–H groups in total. The van der Waals surface area contributed by atoms with Gasteiger partial charge in [-0.05, 0) is 28.1 Å². The van der Waals surface area contributed by atoms with Crippen LogP contribution in [0, 0.1) is 11.6 Å². The maximum atomic E-state index is 13.6. The van der Waals surface area contributed by atoms with E-state index in [1.165, 1.54) is 12.1 Å². The standard InChI is InChI=1S/C12H14BrF2NO2/c13-10-1-2-11(14)9(12(10)15)7-17-6-8-5-16-3-4-18-8/h1-2,8,16H,3-7H2. The summed E-state index contributed by atoms with van der Waals surface area (Å²) in [6, 6.07) is 2.55. The minimum Gasteiger partial charge on any atom is -0.374 e. The highest BCUT2D eigenvalue weighted by Gasteiger charge is 2.16. The fourth-order valence-electron chi connectivity index (χ4n) is 1.72. The van der Waals surface area contributed by atoms with Crippen molar-refractivity contribution in [2.75, 3.05) is 26.3 Å². The van der Waals surface area contributed by atoms with Gasteiger partial charge in [-0.25, -0.2) is 8.78 Å². The number of ether oxygens (including phenoxy) is 2. The van der Waals surface area contributed by atoms with Gasteiger partial charge >= 0.3 is 0 Å². The second-order valence-corrected chi connectivity index (χ2v) is 4.89. The van der Waals surface area contributed by atoms with Crippen molar-refractivity contribution >= 4 is 15.9 Å². The minimum atomic E-state index is -0.613. The Balaban J connectivity index is 1.88. The van der Waals surface area contributed by atoms with Crippen LogP contribution in [0.1, 0.15) is 5.56 Å². The molecule has 1 aliphatic heterocycles.